The van der Waals surface area contributed by atoms with E-state index in [4.69, 9.17) is 4.42 Å². The maximum atomic E-state index is 5.53. The van der Waals surface area contributed by atoms with Crippen molar-refractivity contribution < 1.29 is 4.42 Å². The summed E-state index contributed by atoms with van der Waals surface area (Å²) in [4.78, 5) is 0. The second-order valence-corrected chi connectivity index (χ2v) is 5.31. The maximum absolute atomic E-state index is 5.53. The smallest absolute Gasteiger partial charge is 0.121 e. The molecule has 2 aromatic rings. The highest BCUT2D eigenvalue weighted by atomic mass is 79.9. The summed E-state index contributed by atoms with van der Waals surface area (Å²) in [6.07, 6.45) is 3.50. The molecule has 1 N–H and O–H groups in total. The fourth-order valence-electron chi connectivity index (χ4n) is 2.24. The van der Waals surface area contributed by atoms with Gasteiger partial charge < -0.3 is 9.73 Å². The van der Waals surface area contributed by atoms with Crippen molar-refractivity contribution in [3.63, 3.8) is 0 Å². The number of furan rings is 1. The van der Waals surface area contributed by atoms with Crippen LogP contribution in [0.4, 0.5) is 0 Å². The lowest BCUT2D eigenvalue weighted by Gasteiger charge is -2.16. The Morgan fingerprint density at radius 3 is 2.79 bits per heavy atom. The molecule has 0 aliphatic heterocycles. The molecule has 0 saturated heterocycles. The summed E-state index contributed by atoms with van der Waals surface area (Å²) < 4.78 is 8.60. The summed E-state index contributed by atoms with van der Waals surface area (Å²) >= 11 is 3.66. The molecule has 1 atom stereocenters. The van der Waals surface area contributed by atoms with E-state index in [0.29, 0.717) is 0 Å². The van der Waals surface area contributed by atoms with Crippen LogP contribution in [0.3, 0.4) is 0 Å². The Morgan fingerprint density at radius 2 is 2.26 bits per heavy atom. The van der Waals surface area contributed by atoms with Crippen molar-refractivity contribution in [3.8, 4) is 0 Å². The molecule has 0 bridgehead atoms. The van der Waals surface area contributed by atoms with Gasteiger partial charge in [0.2, 0.25) is 0 Å². The molecule has 0 fully saturated rings. The maximum Gasteiger partial charge on any atom is 0.121 e. The molecule has 104 valence electrons. The average Bonchev–Trinajstić information content (AvgIpc) is 3.01. The first-order chi connectivity index (χ1) is 9.17. The molecular weight excluding hydrogens is 306 g/mol. The van der Waals surface area contributed by atoms with Crippen LogP contribution < -0.4 is 5.32 Å². The quantitative estimate of drug-likeness (QED) is 0.886. The van der Waals surface area contributed by atoms with Crippen LogP contribution in [0.5, 0.6) is 0 Å². The molecule has 0 aromatic carbocycles. The van der Waals surface area contributed by atoms with Crippen LogP contribution in [-0.2, 0) is 19.9 Å². The van der Waals surface area contributed by atoms with Gasteiger partial charge in [-0.15, -0.1) is 0 Å². The second kappa shape index (κ2) is 6.39. The number of halogens is 1. The van der Waals surface area contributed by atoms with Gasteiger partial charge in [-0.2, -0.15) is 5.10 Å². The Hall–Kier alpha value is -1.07. The van der Waals surface area contributed by atoms with Crippen LogP contribution in [0.2, 0.25) is 0 Å². The van der Waals surface area contributed by atoms with Crippen molar-refractivity contribution in [2.45, 2.75) is 32.7 Å². The van der Waals surface area contributed by atoms with Crippen molar-refractivity contribution in [1.29, 1.82) is 0 Å². The van der Waals surface area contributed by atoms with Gasteiger partial charge in [0, 0.05) is 13.5 Å². The predicted molar refractivity (Wildman–Crippen MR) is 79.1 cm³/mol. The highest BCUT2D eigenvalue weighted by Crippen LogP contribution is 2.26. The van der Waals surface area contributed by atoms with Gasteiger partial charge in [-0.1, -0.05) is 13.8 Å². The molecule has 19 heavy (non-hydrogen) atoms. The number of hydrogen-bond acceptors (Lipinski definition) is 3. The minimum atomic E-state index is 0.177. The highest BCUT2D eigenvalue weighted by molar-refractivity contribution is 9.10. The molecule has 0 aliphatic carbocycles. The summed E-state index contributed by atoms with van der Waals surface area (Å²) in [5, 5.41) is 7.99. The molecule has 4 nitrogen and oxygen atoms in total. The summed E-state index contributed by atoms with van der Waals surface area (Å²) in [6, 6.07) is 4.12. The second-order valence-electron chi connectivity index (χ2n) is 4.51. The molecule has 2 heterocycles. The van der Waals surface area contributed by atoms with Crippen molar-refractivity contribution in [1.82, 2.24) is 15.1 Å². The Bertz CT molecular complexity index is 519. The number of hydrogen-bond donors (Lipinski definition) is 1. The van der Waals surface area contributed by atoms with E-state index in [1.807, 2.05) is 23.9 Å². The lowest BCUT2D eigenvalue weighted by Crippen LogP contribution is -2.23. The Balaban J connectivity index is 2.24. The minimum Gasteiger partial charge on any atom is -0.468 e. The van der Waals surface area contributed by atoms with Gasteiger partial charge in [-0.05, 0) is 41.0 Å². The lowest BCUT2D eigenvalue weighted by molar-refractivity contribution is 0.410. The van der Waals surface area contributed by atoms with Crippen LogP contribution in [0, 0.1) is 0 Å². The van der Waals surface area contributed by atoms with Gasteiger partial charge >= 0.3 is 0 Å². The zero-order chi connectivity index (χ0) is 13.8. The normalized spacial score (nSPS) is 12.8. The predicted octanol–water partition coefficient (Wildman–Crippen LogP) is 3.23. The van der Waals surface area contributed by atoms with Gasteiger partial charge in [0.1, 0.15) is 5.76 Å². The van der Waals surface area contributed by atoms with E-state index in [-0.39, 0.29) is 6.04 Å². The van der Waals surface area contributed by atoms with E-state index in [1.54, 1.807) is 6.26 Å². The number of likely N-dealkylation sites (N-methyl/N-ethyl adjacent to an activating group) is 1. The highest BCUT2D eigenvalue weighted by Gasteiger charge is 2.20. The summed E-state index contributed by atoms with van der Waals surface area (Å²) in [7, 11) is 1.99. The third-order valence-corrected chi connectivity index (χ3v) is 4.15. The average molecular weight is 326 g/mol. The number of aromatic nitrogens is 2. The summed E-state index contributed by atoms with van der Waals surface area (Å²) in [6.45, 7) is 5.12. The number of nitrogens with zero attached hydrogens (tertiary/aromatic N) is 2. The molecule has 0 radical (unpaired) electrons. The summed E-state index contributed by atoms with van der Waals surface area (Å²) in [5.41, 5.74) is 2.30. The standard InChI is InChI=1S/C14H20BrN3O/c1-4-10-14(15)12(18(3)17-10)9-11(16-5-2)13-7-6-8-19-13/h6-8,11,16H,4-5,9H2,1-3H3. The van der Waals surface area contributed by atoms with Gasteiger partial charge in [0.05, 0.1) is 28.2 Å². The first-order valence-corrected chi connectivity index (χ1v) is 7.43. The van der Waals surface area contributed by atoms with Crippen molar-refractivity contribution in [3.05, 3.63) is 40.0 Å². The first-order valence-electron chi connectivity index (χ1n) is 6.64. The van der Waals surface area contributed by atoms with E-state index in [2.05, 4.69) is 40.2 Å². The molecule has 0 aliphatic rings. The fourth-order valence-corrected chi connectivity index (χ4v) is 3.02. The monoisotopic (exact) mass is 325 g/mol. The third kappa shape index (κ3) is 3.09. The fraction of sp³-hybridized carbons (Fsp3) is 0.500. The van der Waals surface area contributed by atoms with Crippen molar-refractivity contribution in [2.75, 3.05) is 6.54 Å². The van der Waals surface area contributed by atoms with E-state index >= 15 is 0 Å². The third-order valence-electron chi connectivity index (χ3n) is 3.24. The number of rotatable bonds is 6. The minimum absolute atomic E-state index is 0.177. The van der Waals surface area contributed by atoms with Crippen LogP contribution in [0.25, 0.3) is 0 Å². The van der Waals surface area contributed by atoms with Crippen LogP contribution in [-0.4, -0.2) is 16.3 Å². The molecule has 2 aromatic heterocycles. The lowest BCUT2D eigenvalue weighted by atomic mass is 10.1. The number of nitrogens with one attached hydrogen (secondary N) is 1. The van der Waals surface area contributed by atoms with Gasteiger partial charge in [0.25, 0.3) is 0 Å². The molecule has 5 heteroatoms. The Labute approximate surface area is 122 Å². The SMILES string of the molecule is CCNC(Cc1c(Br)c(CC)nn1C)c1ccco1. The molecular formula is C14H20BrN3O. The summed E-state index contributed by atoms with van der Waals surface area (Å²) in [5.74, 6) is 0.966. The van der Waals surface area contributed by atoms with E-state index in [0.717, 1.165) is 35.3 Å². The zero-order valence-corrected chi connectivity index (χ0v) is 13.2. The van der Waals surface area contributed by atoms with Gasteiger partial charge in [0.15, 0.2) is 0 Å². The van der Waals surface area contributed by atoms with Gasteiger partial charge in [-0.25, -0.2) is 0 Å². The Morgan fingerprint density at radius 1 is 1.47 bits per heavy atom. The largest absolute Gasteiger partial charge is 0.468 e. The van der Waals surface area contributed by atoms with Crippen LogP contribution in [0.1, 0.15) is 37.0 Å². The topological polar surface area (TPSA) is 43.0 Å². The Kier molecular flexibility index (Phi) is 4.82. The van der Waals surface area contributed by atoms with Crippen molar-refractivity contribution >= 4 is 15.9 Å². The molecule has 1 unspecified atom stereocenters. The molecule has 0 saturated carbocycles. The van der Waals surface area contributed by atoms with E-state index in [9.17, 15) is 0 Å². The van der Waals surface area contributed by atoms with Gasteiger partial charge in [-0.3, -0.25) is 4.68 Å². The first kappa shape index (κ1) is 14.3. The van der Waals surface area contributed by atoms with Crippen LogP contribution in [0.15, 0.2) is 27.3 Å². The number of aryl methyl sites for hydroxylation is 2. The zero-order valence-electron chi connectivity index (χ0n) is 11.6. The molecule has 0 spiro atoms. The molecule has 0 amide bonds. The van der Waals surface area contributed by atoms with E-state index < -0.39 is 0 Å². The van der Waals surface area contributed by atoms with Crippen LogP contribution >= 0.6 is 15.9 Å². The van der Waals surface area contributed by atoms with Crippen molar-refractivity contribution in [2.24, 2.45) is 7.05 Å². The van der Waals surface area contributed by atoms with E-state index in [1.165, 1.54) is 5.69 Å². The molecule has 2 rings (SSSR count).